The molecule has 28 heavy (non-hydrogen) atoms. The minimum absolute atomic E-state index is 0.0180. The fourth-order valence-corrected chi connectivity index (χ4v) is 4.63. The molecule has 2 N–H and O–H groups in total. The monoisotopic (exact) mass is 610 g/mol. The number of ether oxygens (including phenoxy) is 1. The van der Waals surface area contributed by atoms with Crippen LogP contribution in [0.25, 0.3) is 0 Å². The van der Waals surface area contributed by atoms with E-state index in [1.807, 2.05) is 12.1 Å². The Kier molecular flexibility index (Phi) is 7.98. The van der Waals surface area contributed by atoms with Crippen molar-refractivity contribution in [2.45, 2.75) is 26.0 Å². The zero-order valence-corrected chi connectivity index (χ0v) is 19.0. The molecule has 0 fully saturated rings. The smallest absolute Gasteiger partial charge is 0.326 e. The van der Waals surface area contributed by atoms with Gasteiger partial charge in [-0.2, -0.15) is 0 Å². The van der Waals surface area contributed by atoms with Gasteiger partial charge in [0.15, 0.2) is 0 Å². The summed E-state index contributed by atoms with van der Waals surface area (Å²) in [5.41, 5.74) is 1.57. The molecule has 0 saturated heterocycles. The van der Waals surface area contributed by atoms with E-state index in [1.165, 1.54) is 19.1 Å². The van der Waals surface area contributed by atoms with Gasteiger partial charge in [0.25, 0.3) is 5.69 Å². The second kappa shape index (κ2) is 10.0. The lowest BCUT2D eigenvalue weighted by Gasteiger charge is -2.16. The van der Waals surface area contributed by atoms with Crippen LogP contribution in [0.2, 0.25) is 0 Å². The maximum Gasteiger partial charge on any atom is 0.326 e. The number of aliphatic carboxylic acids is 1. The first-order chi connectivity index (χ1) is 13.2. The Morgan fingerprint density at radius 2 is 1.75 bits per heavy atom. The van der Waals surface area contributed by atoms with Crippen LogP contribution in [0.15, 0.2) is 36.4 Å². The number of carboxylic acids is 1. The average Bonchev–Trinajstić information content (AvgIpc) is 2.60. The van der Waals surface area contributed by atoms with E-state index in [1.54, 1.807) is 12.1 Å². The molecule has 10 heteroatoms. The Balaban J connectivity index is 2.11. The second-order valence-corrected chi connectivity index (χ2v) is 8.22. The molecular formula is C18H16I2N2O6. The van der Waals surface area contributed by atoms with Crippen molar-refractivity contribution in [2.75, 3.05) is 0 Å². The van der Waals surface area contributed by atoms with Crippen LogP contribution in [0, 0.1) is 17.3 Å². The quantitative estimate of drug-likeness (QED) is 0.269. The number of rotatable bonds is 8. The number of non-ortho nitro benzene ring substituents is 1. The summed E-state index contributed by atoms with van der Waals surface area (Å²) in [7, 11) is 0. The normalized spacial score (nSPS) is 11.5. The van der Waals surface area contributed by atoms with E-state index in [0.29, 0.717) is 5.75 Å². The number of benzene rings is 2. The largest absolute Gasteiger partial charge is 0.487 e. The van der Waals surface area contributed by atoms with Gasteiger partial charge in [0.05, 0.1) is 12.1 Å². The Labute approximate surface area is 188 Å². The highest BCUT2D eigenvalue weighted by Gasteiger charge is 2.20. The number of carbonyl (C=O) groups excluding carboxylic acids is 1. The molecule has 2 rings (SSSR count). The predicted molar refractivity (Wildman–Crippen MR) is 118 cm³/mol. The molecule has 0 aromatic heterocycles. The van der Waals surface area contributed by atoms with Crippen LogP contribution >= 0.6 is 45.2 Å². The molecule has 2 aromatic carbocycles. The molecular weight excluding hydrogens is 594 g/mol. The van der Waals surface area contributed by atoms with E-state index in [-0.39, 0.29) is 18.7 Å². The summed E-state index contributed by atoms with van der Waals surface area (Å²) in [5.74, 6) is -0.853. The predicted octanol–water partition coefficient (Wildman–Crippen LogP) is 3.51. The summed E-state index contributed by atoms with van der Waals surface area (Å²) in [6.07, 6.45) is 0.156. The lowest BCUT2D eigenvalue weighted by Crippen LogP contribution is -2.41. The first kappa shape index (κ1) is 22.3. The zero-order chi connectivity index (χ0) is 20.8. The average molecular weight is 610 g/mol. The summed E-state index contributed by atoms with van der Waals surface area (Å²) in [4.78, 5) is 32.7. The number of hydrogen-bond donors (Lipinski definition) is 2. The van der Waals surface area contributed by atoms with Crippen LogP contribution in [0.1, 0.15) is 18.1 Å². The van der Waals surface area contributed by atoms with Gasteiger partial charge in [0.1, 0.15) is 18.4 Å². The first-order valence-corrected chi connectivity index (χ1v) is 10.2. The number of halogens is 2. The van der Waals surface area contributed by atoms with Crippen molar-refractivity contribution in [3.05, 3.63) is 64.8 Å². The Bertz CT molecular complexity index is 878. The van der Waals surface area contributed by atoms with Gasteiger partial charge < -0.3 is 15.2 Å². The lowest BCUT2D eigenvalue weighted by atomic mass is 10.1. The Morgan fingerprint density at radius 3 is 2.21 bits per heavy atom. The summed E-state index contributed by atoms with van der Waals surface area (Å²) in [6.45, 7) is 1.52. The number of nitro benzene ring substituents is 1. The molecule has 0 bridgehead atoms. The van der Waals surface area contributed by atoms with Gasteiger partial charge >= 0.3 is 5.97 Å². The first-order valence-electron chi connectivity index (χ1n) is 8.01. The number of amides is 1. The minimum atomic E-state index is -1.10. The molecule has 1 amide bonds. The number of carbonyl (C=O) groups is 2. The van der Waals surface area contributed by atoms with Crippen LogP contribution < -0.4 is 10.1 Å². The molecule has 0 aliphatic carbocycles. The number of nitro groups is 1. The van der Waals surface area contributed by atoms with Gasteiger partial charge in [-0.1, -0.05) is 0 Å². The van der Waals surface area contributed by atoms with E-state index < -0.39 is 22.8 Å². The molecule has 0 aliphatic rings. The molecule has 2 aromatic rings. The zero-order valence-electron chi connectivity index (χ0n) is 14.6. The number of nitrogens with one attached hydrogen (secondary N) is 1. The lowest BCUT2D eigenvalue weighted by molar-refractivity contribution is -0.384. The van der Waals surface area contributed by atoms with Crippen molar-refractivity contribution in [3.8, 4) is 5.75 Å². The van der Waals surface area contributed by atoms with Crippen molar-refractivity contribution in [3.63, 3.8) is 0 Å². The van der Waals surface area contributed by atoms with E-state index in [4.69, 9.17) is 4.74 Å². The number of nitrogens with zero attached hydrogens (tertiary/aromatic N) is 1. The number of carboxylic acid groups (broad SMARTS) is 1. The van der Waals surface area contributed by atoms with Crippen LogP contribution in [0.3, 0.4) is 0 Å². The third-order valence-electron chi connectivity index (χ3n) is 3.70. The molecule has 0 spiro atoms. The topological polar surface area (TPSA) is 119 Å². The van der Waals surface area contributed by atoms with E-state index in [9.17, 15) is 24.8 Å². The van der Waals surface area contributed by atoms with Gasteiger partial charge in [-0.05, 0) is 80.6 Å². The van der Waals surface area contributed by atoms with Gasteiger partial charge in [-0.25, -0.2) is 4.79 Å². The number of hydrogen-bond acceptors (Lipinski definition) is 5. The van der Waals surface area contributed by atoms with Crippen LogP contribution in [-0.2, 0) is 22.6 Å². The summed E-state index contributed by atoms with van der Waals surface area (Å²) in [5, 5.41) is 22.4. The molecule has 8 nitrogen and oxygen atoms in total. The van der Waals surface area contributed by atoms with Crippen molar-refractivity contribution in [1.82, 2.24) is 5.32 Å². The SMILES string of the molecule is CC(=O)NC(Cc1cc(I)c(OCc2ccc([N+](=O)[O-])cc2)c(I)c1)C(=O)O. The van der Waals surface area contributed by atoms with Gasteiger partial charge in [-0.15, -0.1) is 0 Å². The summed E-state index contributed by atoms with van der Waals surface area (Å²) >= 11 is 4.21. The van der Waals surface area contributed by atoms with Crippen molar-refractivity contribution in [1.29, 1.82) is 0 Å². The van der Waals surface area contributed by atoms with Gasteiger partial charge in [-0.3, -0.25) is 14.9 Å². The fourth-order valence-electron chi connectivity index (χ4n) is 2.42. The summed E-state index contributed by atoms with van der Waals surface area (Å²) < 4.78 is 7.45. The minimum Gasteiger partial charge on any atom is -0.487 e. The molecule has 0 heterocycles. The highest BCUT2D eigenvalue weighted by atomic mass is 127. The van der Waals surface area contributed by atoms with Crippen LogP contribution in [-0.4, -0.2) is 27.9 Å². The Hall–Kier alpha value is -1.96. The van der Waals surface area contributed by atoms with E-state index >= 15 is 0 Å². The molecule has 0 aliphatic heterocycles. The standard InChI is InChI=1S/C18H16I2N2O6/c1-10(23)21-16(18(24)25)8-12-6-14(19)17(15(20)7-12)28-9-11-2-4-13(5-3-11)22(26)27/h2-7,16H,8-9H2,1H3,(H,21,23)(H,24,25). The molecule has 0 radical (unpaired) electrons. The highest BCUT2D eigenvalue weighted by molar-refractivity contribution is 14.1. The molecule has 0 saturated carbocycles. The molecule has 148 valence electrons. The Morgan fingerprint density at radius 1 is 1.18 bits per heavy atom. The summed E-state index contributed by atoms with van der Waals surface area (Å²) in [6, 6.07) is 8.74. The highest BCUT2D eigenvalue weighted by Crippen LogP contribution is 2.30. The fraction of sp³-hybridized carbons (Fsp3) is 0.222. The van der Waals surface area contributed by atoms with E-state index in [2.05, 4.69) is 50.5 Å². The maximum atomic E-state index is 11.3. The van der Waals surface area contributed by atoms with Crippen LogP contribution in [0.5, 0.6) is 5.75 Å². The molecule has 1 atom stereocenters. The third kappa shape index (κ3) is 6.29. The van der Waals surface area contributed by atoms with Gasteiger partial charge in [0, 0.05) is 25.5 Å². The van der Waals surface area contributed by atoms with Crippen molar-refractivity contribution >= 4 is 62.7 Å². The van der Waals surface area contributed by atoms with Crippen LogP contribution in [0.4, 0.5) is 5.69 Å². The third-order valence-corrected chi connectivity index (χ3v) is 5.31. The van der Waals surface area contributed by atoms with Crippen molar-refractivity contribution < 1.29 is 24.4 Å². The van der Waals surface area contributed by atoms with E-state index in [0.717, 1.165) is 18.3 Å². The van der Waals surface area contributed by atoms with Gasteiger partial charge in [0.2, 0.25) is 5.91 Å². The van der Waals surface area contributed by atoms with Crippen molar-refractivity contribution in [2.24, 2.45) is 0 Å². The molecule has 1 unspecified atom stereocenters. The second-order valence-electron chi connectivity index (χ2n) is 5.90. The maximum absolute atomic E-state index is 11.3.